The smallest absolute Gasteiger partial charge is 0.306 e. The van der Waals surface area contributed by atoms with Crippen LogP contribution >= 0.6 is 0 Å². The van der Waals surface area contributed by atoms with Gasteiger partial charge in [-0.2, -0.15) is 0 Å². The number of hydrogen-bond donors (Lipinski definition) is 0. The minimum atomic E-state index is -0.186. The molecule has 0 saturated carbocycles. The molecule has 0 bridgehead atoms. The zero-order valence-electron chi connectivity index (χ0n) is 18.9. The topological polar surface area (TPSA) is 61.8 Å². The van der Waals surface area contributed by atoms with Crippen molar-refractivity contribution < 1.29 is 23.8 Å². The molecule has 0 aromatic heterocycles. The summed E-state index contributed by atoms with van der Waals surface area (Å²) in [5.74, 6) is 0.237. The van der Waals surface area contributed by atoms with Crippen LogP contribution in [-0.2, 0) is 23.8 Å². The maximum absolute atomic E-state index is 11.8. The molecule has 0 radical (unpaired) electrons. The minimum Gasteiger partial charge on any atom is -0.463 e. The highest BCUT2D eigenvalue weighted by Crippen LogP contribution is 2.26. The van der Waals surface area contributed by atoms with Crippen LogP contribution in [0.1, 0.15) is 81.1 Å². The van der Waals surface area contributed by atoms with Crippen molar-refractivity contribution in [3.8, 4) is 0 Å². The van der Waals surface area contributed by atoms with Crippen LogP contribution in [0.4, 0.5) is 0 Å². The van der Waals surface area contributed by atoms with Gasteiger partial charge in [-0.1, -0.05) is 55.4 Å². The van der Waals surface area contributed by atoms with Gasteiger partial charge in [0.2, 0.25) is 0 Å². The molecule has 27 heavy (non-hydrogen) atoms. The summed E-state index contributed by atoms with van der Waals surface area (Å²) < 4.78 is 15.7. The molecular weight excluding hydrogens is 344 g/mol. The molecule has 0 aliphatic heterocycles. The van der Waals surface area contributed by atoms with E-state index >= 15 is 0 Å². The van der Waals surface area contributed by atoms with E-state index in [1.165, 1.54) is 0 Å². The van der Waals surface area contributed by atoms with Gasteiger partial charge in [0, 0.05) is 12.8 Å². The number of carbonyl (C=O) groups is 2. The van der Waals surface area contributed by atoms with E-state index < -0.39 is 0 Å². The number of ether oxygens (including phenoxy) is 3. The molecule has 0 saturated heterocycles. The second-order valence-corrected chi connectivity index (χ2v) is 10.2. The van der Waals surface area contributed by atoms with Gasteiger partial charge in [-0.3, -0.25) is 9.59 Å². The highest BCUT2D eigenvalue weighted by molar-refractivity contribution is 5.69. The SMILES string of the molecule is CC(CC(=O)OCCOCCOC(=O)CC(C)CC(C)(C)C)CC(C)(C)C. The van der Waals surface area contributed by atoms with Crippen molar-refractivity contribution in [3.05, 3.63) is 0 Å². The summed E-state index contributed by atoms with van der Waals surface area (Å²) in [6.07, 6.45) is 2.83. The third kappa shape index (κ3) is 18.0. The molecule has 0 aromatic carbocycles. The number of rotatable bonds is 12. The van der Waals surface area contributed by atoms with Gasteiger partial charge in [0.15, 0.2) is 0 Å². The predicted molar refractivity (Wildman–Crippen MR) is 108 cm³/mol. The van der Waals surface area contributed by atoms with Gasteiger partial charge in [-0.15, -0.1) is 0 Å². The normalized spacial score (nSPS) is 14.5. The van der Waals surface area contributed by atoms with Crippen molar-refractivity contribution in [3.63, 3.8) is 0 Å². The number of esters is 2. The molecule has 0 rings (SSSR count). The van der Waals surface area contributed by atoms with E-state index in [9.17, 15) is 9.59 Å². The van der Waals surface area contributed by atoms with Crippen molar-refractivity contribution in [2.45, 2.75) is 81.1 Å². The van der Waals surface area contributed by atoms with Crippen LogP contribution in [0.3, 0.4) is 0 Å². The van der Waals surface area contributed by atoms with Crippen LogP contribution < -0.4 is 0 Å². The van der Waals surface area contributed by atoms with Gasteiger partial charge in [0.1, 0.15) is 13.2 Å². The summed E-state index contributed by atoms with van der Waals surface area (Å²) in [7, 11) is 0. The molecule has 160 valence electrons. The van der Waals surface area contributed by atoms with E-state index in [1.807, 2.05) is 0 Å². The average Bonchev–Trinajstić information content (AvgIpc) is 2.41. The molecule has 0 aromatic rings. The first kappa shape index (κ1) is 25.9. The van der Waals surface area contributed by atoms with Gasteiger partial charge in [0.05, 0.1) is 13.2 Å². The summed E-state index contributed by atoms with van der Waals surface area (Å²) in [4.78, 5) is 23.5. The molecule has 0 aliphatic rings. The molecule has 5 heteroatoms. The Morgan fingerprint density at radius 1 is 0.667 bits per heavy atom. The van der Waals surface area contributed by atoms with Crippen LogP contribution in [0, 0.1) is 22.7 Å². The van der Waals surface area contributed by atoms with Crippen LogP contribution in [0.2, 0.25) is 0 Å². The summed E-state index contributed by atoms with van der Waals surface area (Å²) in [5, 5.41) is 0. The van der Waals surface area contributed by atoms with Gasteiger partial charge in [0.25, 0.3) is 0 Å². The zero-order valence-corrected chi connectivity index (χ0v) is 18.9. The van der Waals surface area contributed by atoms with E-state index in [0.29, 0.717) is 37.9 Å². The summed E-state index contributed by atoms with van der Waals surface area (Å²) in [5.41, 5.74) is 0.426. The summed E-state index contributed by atoms with van der Waals surface area (Å²) in [6.45, 7) is 18.2. The highest BCUT2D eigenvalue weighted by atomic mass is 16.6. The first-order valence-corrected chi connectivity index (χ1v) is 10.2. The van der Waals surface area contributed by atoms with Crippen molar-refractivity contribution in [2.24, 2.45) is 22.7 Å². The van der Waals surface area contributed by atoms with Crippen LogP contribution in [0.15, 0.2) is 0 Å². The van der Waals surface area contributed by atoms with Crippen LogP contribution in [0.25, 0.3) is 0 Å². The summed E-state index contributed by atoms with van der Waals surface area (Å²) >= 11 is 0. The molecule has 0 N–H and O–H groups in total. The Morgan fingerprint density at radius 2 is 1.00 bits per heavy atom. The zero-order chi connectivity index (χ0) is 21.1. The maximum atomic E-state index is 11.8. The lowest BCUT2D eigenvalue weighted by molar-refractivity contribution is -0.147. The Balaban J connectivity index is 3.66. The molecule has 0 aliphatic carbocycles. The van der Waals surface area contributed by atoms with Crippen molar-refractivity contribution in [2.75, 3.05) is 26.4 Å². The fourth-order valence-electron chi connectivity index (χ4n) is 3.45. The van der Waals surface area contributed by atoms with E-state index in [1.54, 1.807) is 0 Å². The lowest BCUT2D eigenvalue weighted by Gasteiger charge is -2.22. The third-order valence-electron chi connectivity index (χ3n) is 3.93. The molecule has 0 heterocycles. The largest absolute Gasteiger partial charge is 0.463 e. The lowest BCUT2D eigenvalue weighted by atomic mass is 9.84. The second-order valence-electron chi connectivity index (χ2n) is 10.2. The third-order valence-corrected chi connectivity index (χ3v) is 3.93. The van der Waals surface area contributed by atoms with Crippen molar-refractivity contribution >= 4 is 11.9 Å². The van der Waals surface area contributed by atoms with Gasteiger partial charge < -0.3 is 14.2 Å². The van der Waals surface area contributed by atoms with Gasteiger partial charge >= 0.3 is 11.9 Å². The molecular formula is C22H42O5. The highest BCUT2D eigenvalue weighted by Gasteiger charge is 2.19. The predicted octanol–water partition coefficient (Wildman–Crippen LogP) is 5.01. The molecule has 5 nitrogen and oxygen atoms in total. The molecule has 0 spiro atoms. The van der Waals surface area contributed by atoms with E-state index in [4.69, 9.17) is 14.2 Å². The Labute approximate surface area is 166 Å². The minimum absolute atomic E-state index is 0.186. The quantitative estimate of drug-likeness (QED) is 0.348. The van der Waals surface area contributed by atoms with Crippen molar-refractivity contribution in [1.82, 2.24) is 0 Å². The average molecular weight is 387 g/mol. The van der Waals surface area contributed by atoms with Crippen LogP contribution in [-0.4, -0.2) is 38.4 Å². The first-order valence-electron chi connectivity index (χ1n) is 10.2. The van der Waals surface area contributed by atoms with E-state index in [2.05, 4.69) is 55.4 Å². The molecule has 2 atom stereocenters. The monoisotopic (exact) mass is 386 g/mol. The maximum Gasteiger partial charge on any atom is 0.306 e. The Morgan fingerprint density at radius 3 is 1.30 bits per heavy atom. The van der Waals surface area contributed by atoms with Crippen molar-refractivity contribution in [1.29, 1.82) is 0 Å². The second kappa shape index (κ2) is 12.4. The standard InChI is InChI=1S/C22H42O5/c1-17(15-21(3,4)5)13-19(23)26-11-9-25-10-12-27-20(24)14-18(2)16-22(6,7)8/h17-18H,9-16H2,1-8H3. The summed E-state index contributed by atoms with van der Waals surface area (Å²) in [6, 6.07) is 0. The first-order chi connectivity index (χ1) is 12.3. The van der Waals surface area contributed by atoms with E-state index in [-0.39, 0.29) is 36.0 Å². The van der Waals surface area contributed by atoms with E-state index in [0.717, 1.165) is 12.8 Å². The fraction of sp³-hybridized carbons (Fsp3) is 0.909. The lowest BCUT2D eigenvalue weighted by Crippen LogP contribution is -2.19. The fourth-order valence-corrected chi connectivity index (χ4v) is 3.45. The number of carbonyl (C=O) groups excluding carboxylic acids is 2. The molecule has 0 amide bonds. The molecule has 0 fully saturated rings. The van der Waals surface area contributed by atoms with Gasteiger partial charge in [-0.25, -0.2) is 0 Å². The molecule has 2 unspecified atom stereocenters. The Kier molecular flexibility index (Phi) is 11.9. The Hall–Kier alpha value is -1.10. The number of hydrogen-bond acceptors (Lipinski definition) is 5. The van der Waals surface area contributed by atoms with Crippen LogP contribution in [0.5, 0.6) is 0 Å². The van der Waals surface area contributed by atoms with Gasteiger partial charge in [-0.05, 0) is 35.5 Å². The Bertz CT molecular complexity index is 391.